The number of carbonyl (C=O) groups excluding carboxylic acids is 1. The summed E-state index contributed by atoms with van der Waals surface area (Å²) < 4.78 is 0. The third kappa shape index (κ3) is 3.63. The molecular weight excluding hydrogens is 230 g/mol. The maximum atomic E-state index is 11.8. The van der Waals surface area contributed by atoms with E-state index in [0.717, 1.165) is 5.56 Å². The summed E-state index contributed by atoms with van der Waals surface area (Å²) in [6.07, 6.45) is 0. The number of hydrogen-bond donors (Lipinski definition) is 2. The molecule has 1 aromatic carbocycles. The van der Waals surface area contributed by atoms with Gasteiger partial charge in [-0.2, -0.15) is 0 Å². The van der Waals surface area contributed by atoms with Crippen molar-refractivity contribution in [2.45, 2.75) is 26.4 Å². The monoisotopic (exact) mass is 250 g/mol. The molecule has 5 nitrogen and oxygen atoms in total. The van der Waals surface area contributed by atoms with Crippen LogP contribution in [0, 0.1) is 4.91 Å². The average molecular weight is 250 g/mol. The second kappa shape index (κ2) is 6.26. The van der Waals surface area contributed by atoms with Gasteiger partial charge in [0.15, 0.2) is 0 Å². The normalized spacial score (nSPS) is 10.5. The van der Waals surface area contributed by atoms with Crippen LogP contribution in [0.3, 0.4) is 0 Å². The standard InChI is InChI=1S/C13H19N3O2/c1-9(2)14-8-11-7-10(13(17)16(3)4)5-6-12(11)15-18/h5-7,9,14H,8H2,1-4H3/p+1. The Kier molecular flexibility index (Phi) is 4.97. The van der Waals surface area contributed by atoms with Crippen LogP contribution < -0.4 is 10.5 Å². The molecule has 0 heterocycles. The van der Waals surface area contributed by atoms with Crippen LogP contribution in [0.25, 0.3) is 0 Å². The number of nitrogens with zero attached hydrogens (tertiary/aromatic N) is 1. The van der Waals surface area contributed by atoms with Crippen LogP contribution in [0.5, 0.6) is 0 Å². The van der Waals surface area contributed by atoms with Crippen molar-refractivity contribution in [3.8, 4) is 0 Å². The molecule has 0 atom stereocenters. The lowest BCUT2D eigenvalue weighted by molar-refractivity contribution is -0.380. The fourth-order valence-electron chi connectivity index (χ4n) is 1.54. The molecule has 0 radical (unpaired) electrons. The molecule has 18 heavy (non-hydrogen) atoms. The van der Waals surface area contributed by atoms with Gasteiger partial charge in [-0.15, -0.1) is 0 Å². The fourth-order valence-corrected chi connectivity index (χ4v) is 1.54. The first-order chi connectivity index (χ1) is 8.45. The quantitative estimate of drug-likeness (QED) is 0.793. The zero-order chi connectivity index (χ0) is 13.7. The van der Waals surface area contributed by atoms with Gasteiger partial charge >= 0.3 is 0 Å². The Labute approximate surface area is 107 Å². The maximum Gasteiger partial charge on any atom is 0.257 e. The van der Waals surface area contributed by atoms with Crippen molar-refractivity contribution >= 4 is 11.6 Å². The maximum absolute atomic E-state index is 11.8. The molecule has 98 valence electrons. The fraction of sp³-hybridized carbons (Fsp3) is 0.462. The summed E-state index contributed by atoms with van der Waals surface area (Å²) in [5.41, 5.74) is 1.88. The molecule has 1 rings (SSSR count). The number of hydrogen-bond acceptors (Lipinski definition) is 3. The minimum Gasteiger partial charge on any atom is -0.345 e. The largest absolute Gasteiger partial charge is 0.345 e. The third-order valence-electron chi connectivity index (χ3n) is 2.57. The summed E-state index contributed by atoms with van der Waals surface area (Å²) in [6, 6.07) is 5.36. The smallest absolute Gasteiger partial charge is 0.257 e. The lowest BCUT2D eigenvalue weighted by Gasteiger charge is -2.12. The van der Waals surface area contributed by atoms with E-state index >= 15 is 0 Å². The van der Waals surface area contributed by atoms with Gasteiger partial charge in [0, 0.05) is 54.0 Å². The Morgan fingerprint density at radius 1 is 1.39 bits per heavy atom. The topological polar surface area (TPSA) is 63.4 Å². The summed E-state index contributed by atoms with van der Waals surface area (Å²) in [5, 5.41) is 5.13. The van der Waals surface area contributed by atoms with Gasteiger partial charge < -0.3 is 10.2 Å². The SMILES string of the molecule is CC(C)NCc1cc(C(=O)N(C)C)ccc1[NH+]=O. The van der Waals surface area contributed by atoms with Gasteiger partial charge in [-0.1, -0.05) is 13.8 Å². The van der Waals surface area contributed by atoms with Gasteiger partial charge in [-0.3, -0.25) is 4.79 Å². The molecule has 2 N–H and O–H groups in total. The zero-order valence-corrected chi connectivity index (χ0v) is 11.3. The van der Waals surface area contributed by atoms with Crippen molar-refractivity contribution in [2.75, 3.05) is 14.1 Å². The van der Waals surface area contributed by atoms with Crippen molar-refractivity contribution in [1.29, 1.82) is 0 Å². The van der Waals surface area contributed by atoms with E-state index in [-0.39, 0.29) is 5.91 Å². The van der Waals surface area contributed by atoms with Gasteiger partial charge in [-0.25, -0.2) is 0 Å². The lowest BCUT2D eigenvalue weighted by atomic mass is 10.1. The second-order valence-corrected chi connectivity index (χ2v) is 4.71. The van der Waals surface area contributed by atoms with E-state index in [1.165, 1.54) is 4.90 Å². The van der Waals surface area contributed by atoms with Crippen molar-refractivity contribution in [3.63, 3.8) is 0 Å². The molecule has 0 bridgehead atoms. The minimum absolute atomic E-state index is 0.0711. The van der Waals surface area contributed by atoms with Crippen molar-refractivity contribution in [3.05, 3.63) is 34.2 Å². The average Bonchev–Trinajstić information content (AvgIpc) is 2.34. The van der Waals surface area contributed by atoms with E-state index in [4.69, 9.17) is 0 Å². The van der Waals surface area contributed by atoms with Gasteiger partial charge in [0.2, 0.25) is 0 Å². The molecule has 0 aromatic heterocycles. The van der Waals surface area contributed by atoms with Crippen LogP contribution in [0.15, 0.2) is 18.2 Å². The van der Waals surface area contributed by atoms with E-state index in [1.54, 1.807) is 32.3 Å². The zero-order valence-electron chi connectivity index (χ0n) is 11.3. The predicted octanol–water partition coefficient (Wildman–Crippen LogP) is 0.365. The Bertz CT molecular complexity index is 442. The number of benzene rings is 1. The Balaban J connectivity index is 3.01. The summed E-state index contributed by atoms with van der Waals surface area (Å²) in [5.74, 6) is -0.0711. The van der Waals surface area contributed by atoms with Crippen molar-refractivity contribution in [2.24, 2.45) is 0 Å². The third-order valence-corrected chi connectivity index (χ3v) is 2.57. The van der Waals surface area contributed by atoms with E-state index in [2.05, 4.69) is 5.32 Å². The molecule has 0 unspecified atom stereocenters. The number of nitrogens with one attached hydrogen (secondary N) is 2. The van der Waals surface area contributed by atoms with Gasteiger partial charge in [0.05, 0.1) is 0 Å². The van der Waals surface area contributed by atoms with Crippen molar-refractivity contribution < 1.29 is 9.97 Å². The van der Waals surface area contributed by atoms with Gasteiger partial charge in [-0.05, 0) is 12.1 Å². The highest BCUT2D eigenvalue weighted by atomic mass is 16.3. The predicted molar refractivity (Wildman–Crippen MR) is 70.4 cm³/mol. The van der Waals surface area contributed by atoms with E-state index < -0.39 is 0 Å². The summed E-state index contributed by atoms with van der Waals surface area (Å²) in [7, 11) is 3.41. The molecule has 0 aliphatic rings. The molecule has 0 spiro atoms. The van der Waals surface area contributed by atoms with E-state index in [9.17, 15) is 9.70 Å². The van der Waals surface area contributed by atoms with Gasteiger partial charge in [0.1, 0.15) is 0 Å². The minimum atomic E-state index is -0.0711. The summed E-state index contributed by atoms with van der Waals surface area (Å²) in [6.45, 7) is 4.61. The highest BCUT2D eigenvalue weighted by Gasteiger charge is 2.14. The molecular formula is C13H20N3O2+. The molecule has 1 aromatic rings. The first-order valence-electron chi connectivity index (χ1n) is 5.91. The van der Waals surface area contributed by atoms with Crippen LogP contribution in [0.1, 0.15) is 29.8 Å². The van der Waals surface area contributed by atoms with Crippen LogP contribution in [-0.4, -0.2) is 30.9 Å². The van der Waals surface area contributed by atoms with Crippen LogP contribution in [0.4, 0.5) is 5.69 Å². The molecule has 0 saturated heterocycles. The van der Waals surface area contributed by atoms with Crippen molar-refractivity contribution in [1.82, 2.24) is 10.2 Å². The number of rotatable bonds is 5. The summed E-state index contributed by atoms with van der Waals surface area (Å²) >= 11 is 0. The Morgan fingerprint density at radius 2 is 2.06 bits per heavy atom. The van der Waals surface area contributed by atoms with Gasteiger partial charge in [0.25, 0.3) is 11.6 Å². The Morgan fingerprint density at radius 3 is 2.56 bits per heavy atom. The highest BCUT2D eigenvalue weighted by Crippen LogP contribution is 2.14. The molecule has 0 saturated carbocycles. The molecule has 0 aliphatic heterocycles. The molecule has 0 aliphatic carbocycles. The highest BCUT2D eigenvalue weighted by molar-refractivity contribution is 5.94. The summed E-state index contributed by atoms with van der Waals surface area (Å²) in [4.78, 5) is 24.2. The molecule has 1 amide bonds. The molecule has 5 heteroatoms. The number of nitroso groups, excluding NO2 is 1. The Hall–Kier alpha value is -1.75. The second-order valence-electron chi connectivity index (χ2n) is 4.71. The first-order valence-corrected chi connectivity index (χ1v) is 5.91. The lowest BCUT2D eigenvalue weighted by Crippen LogP contribution is -2.56. The molecule has 0 fully saturated rings. The number of carbonyl (C=O) groups is 1. The first kappa shape index (κ1) is 14.3. The van der Waals surface area contributed by atoms with Crippen LogP contribution in [0.2, 0.25) is 0 Å². The van der Waals surface area contributed by atoms with Crippen LogP contribution in [-0.2, 0) is 6.54 Å². The van der Waals surface area contributed by atoms with Crippen LogP contribution >= 0.6 is 0 Å². The number of amides is 1. The van der Waals surface area contributed by atoms with E-state index in [1.807, 2.05) is 19.0 Å². The van der Waals surface area contributed by atoms with E-state index in [0.29, 0.717) is 23.8 Å².